The number of aliphatic hydroxyl groups is 1. The van der Waals surface area contributed by atoms with Crippen LogP contribution >= 0.6 is 0 Å². The molecule has 1 N–H and O–H groups in total. The van der Waals surface area contributed by atoms with Crippen molar-refractivity contribution in [3.8, 4) is 23.0 Å². The molecule has 9 heteroatoms. The first-order valence-electron chi connectivity index (χ1n) is 12.4. The highest BCUT2D eigenvalue weighted by atomic mass is 16.6. The van der Waals surface area contributed by atoms with Gasteiger partial charge in [0.2, 0.25) is 0 Å². The summed E-state index contributed by atoms with van der Waals surface area (Å²) >= 11 is 0. The quantitative estimate of drug-likeness (QED) is 0.454. The Morgan fingerprint density at radius 1 is 0.872 bits per heavy atom. The number of esters is 2. The summed E-state index contributed by atoms with van der Waals surface area (Å²) < 4.78 is 34.4. The molecule has 5 rings (SSSR count). The summed E-state index contributed by atoms with van der Waals surface area (Å²) in [4.78, 5) is 26.1. The highest BCUT2D eigenvalue weighted by molar-refractivity contribution is 5.79. The highest BCUT2D eigenvalue weighted by Crippen LogP contribution is 2.71. The van der Waals surface area contributed by atoms with E-state index in [4.69, 9.17) is 28.4 Å². The first kappa shape index (κ1) is 26.4. The summed E-state index contributed by atoms with van der Waals surface area (Å²) in [5, 5.41) is 13.1. The third kappa shape index (κ3) is 3.71. The van der Waals surface area contributed by atoms with Gasteiger partial charge in [0.05, 0.1) is 34.0 Å². The fourth-order valence-corrected chi connectivity index (χ4v) is 6.21. The highest BCUT2D eigenvalue weighted by Gasteiger charge is 2.79. The number of hydrogen-bond donors (Lipinski definition) is 1. The summed E-state index contributed by atoms with van der Waals surface area (Å²) in [5.41, 5.74) is -2.32. The van der Waals surface area contributed by atoms with Crippen molar-refractivity contribution in [2.45, 2.75) is 30.1 Å². The van der Waals surface area contributed by atoms with Gasteiger partial charge in [-0.1, -0.05) is 42.5 Å². The zero-order chi connectivity index (χ0) is 27.9. The summed E-state index contributed by atoms with van der Waals surface area (Å²) in [6.07, 6.45) is -1.40. The fourth-order valence-electron chi connectivity index (χ4n) is 6.21. The largest absolute Gasteiger partial charge is 0.497 e. The zero-order valence-electron chi connectivity index (χ0n) is 22.3. The molecule has 3 aromatic rings. The lowest BCUT2D eigenvalue weighted by Crippen LogP contribution is -2.53. The van der Waals surface area contributed by atoms with E-state index in [1.165, 1.54) is 28.3 Å². The van der Waals surface area contributed by atoms with E-state index in [2.05, 4.69) is 0 Å². The van der Waals surface area contributed by atoms with E-state index < -0.39 is 41.1 Å². The molecular weight excluding hydrogens is 504 g/mol. The maximum atomic E-state index is 13.6. The van der Waals surface area contributed by atoms with Crippen LogP contribution in [0, 0.1) is 5.92 Å². The number of benzene rings is 3. The van der Waals surface area contributed by atoms with Crippen LogP contribution in [0.15, 0.2) is 66.7 Å². The number of hydrogen-bond acceptors (Lipinski definition) is 9. The molecule has 9 nitrogen and oxygen atoms in total. The van der Waals surface area contributed by atoms with Crippen molar-refractivity contribution < 1.29 is 43.1 Å². The molecule has 1 heterocycles. The molecule has 1 aliphatic carbocycles. The van der Waals surface area contributed by atoms with E-state index in [9.17, 15) is 14.7 Å². The van der Waals surface area contributed by atoms with E-state index >= 15 is 0 Å². The molecule has 0 saturated heterocycles. The van der Waals surface area contributed by atoms with Crippen LogP contribution < -0.4 is 18.9 Å². The number of carbonyl (C=O) groups excluding carboxylic acids is 2. The Labute approximate surface area is 226 Å². The lowest BCUT2D eigenvalue weighted by Gasteiger charge is -2.41. The Balaban J connectivity index is 1.92. The van der Waals surface area contributed by atoms with E-state index in [0.717, 1.165) is 0 Å². The molecule has 1 fully saturated rings. The Kier molecular flexibility index (Phi) is 6.64. The molecule has 39 heavy (non-hydrogen) atoms. The minimum absolute atomic E-state index is 0.236. The summed E-state index contributed by atoms with van der Waals surface area (Å²) in [7, 11) is 5.77. The van der Waals surface area contributed by atoms with Gasteiger partial charge in [0.25, 0.3) is 0 Å². The van der Waals surface area contributed by atoms with Crippen LogP contribution in [0.4, 0.5) is 0 Å². The molecule has 5 unspecified atom stereocenters. The minimum atomic E-state index is -2.10. The van der Waals surface area contributed by atoms with E-state index in [-0.39, 0.29) is 17.1 Å². The van der Waals surface area contributed by atoms with Gasteiger partial charge in [-0.3, -0.25) is 9.59 Å². The van der Waals surface area contributed by atoms with Gasteiger partial charge in [-0.05, 0) is 23.3 Å². The average Bonchev–Trinajstić information content (AvgIpc) is 3.34. The van der Waals surface area contributed by atoms with Crippen LogP contribution in [0.25, 0.3) is 0 Å². The van der Waals surface area contributed by atoms with Crippen molar-refractivity contribution >= 4 is 11.9 Å². The third-order valence-electron chi connectivity index (χ3n) is 7.69. The van der Waals surface area contributed by atoms with Crippen molar-refractivity contribution in [1.29, 1.82) is 0 Å². The van der Waals surface area contributed by atoms with Crippen molar-refractivity contribution in [2.75, 3.05) is 28.4 Å². The van der Waals surface area contributed by atoms with Crippen LogP contribution in [-0.2, 0) is 30.3 Å². The molecule has 0 radical (unpaired) electrons. The Hall–Kier alpha value is -4.24. The molecule has 5 atom stereocenters. The zero-order valence-corrected chi connectivity index (χ0v) is 22.3. The number of ether oxygens (including phenoxy) is 6. The Bertz CT molecular complexity index is 1390. The monoisotopic (exact) mass is 534 g/mol. The molecular formula is C30H30O9. The van der Waals surface area contributed by atoms with Crippen LogP contribution in [-0.4, -0.2) is 51.6 Å². The van der Waals surface area contributed by atoms with Gasteiger partial charge in [0, 0.05) is 25.0 Å². The molecule has 2 aliphatic rings. The molecule has 1 saturated carbocycles. The average molecular weight is 535 g/mol. The molecule has 1 aliphatic heterocycles. The van der Waals surface area contributed by atoms with Gasteiger partial charge in [-0.25, -0.2) is 0 Å². The van der Waals surface area contributed by atoms with Crippen molar-refractivity contribution in [3.63, 3.8) is 0 Å². The maximum Gasteiger partial charge on any atom is 0.313 e. The first-order chi connectivity index (χ1) is 18.8. The topological polar surface area (TPSA) is 110 Å². The number of carbonyl (C=O) groups is 2. The fraction of sp³-hybridized carbons (Fsp3) is 0.333. The van der Waals surface area contributed by atoms with Gasteiger partial charge >= 0.3 is 11.9 Å². The van der Waals surface area contributed by atoms with E-state index in [1.54, 1.807) is 43.5 Å². The molecule has 0 spiro atoms. The van der Waals surface area contributed by atoms with Crippen LogP contribution in [0.5, 0.6) is 23.0 Å². The van der Waals surface area contributed by atoms with Crippen molar-refractivity contribution in [1.82, 2.24) is 0 Å². The standard InChI is InChI=1S/C30H30O9/c1-17(31)38-27-24(28(32)37-5)25(18-9-7-6-8-10-18)30(19-11-13-20(34-2)14-12-19)29(27,33)26-22(36-4)15-21(35-3)16-23(26)39-30/h6-16,24-25,27,33H,1-5H3. The van der Waals surface area contributed by atoms with Crippen molar-refractivity contribution in [3.05, 3.63) is 83.4 Å². The van der Waals surface area contributed by atoms with Gasteiger partial charge < -0.3 is 33.5 Å². The normalized spacial score (nSPS) is 26.6. The maximum absolute atomic E-state index is 13.6. The summed E-state index contributed by atoms with van der Waals surface area (Å²) in [6, 6.07) is 19.4. The molecule has 204 valence electrons. The van der Waals surface area contributed by atoms with Crippen LogP contribution in [0.3, 0.4) is 0 Å². The first-order valence-corrected chi connectivity index (χ1v) is 12.4. The number of methoxy groups -OCH3 is 4. The lowest BCUT2D eigenvalue weighted by molar-refractivity contribution is -0.185. The van der Waals surface area contributed by atoms with Gasteiger partial charge in [-0.15, -0.1) is 0 Å². The molecule has 0 bridgehead atoms. The van der Waals surface area contributed by atoms with Crippen LogP contribution in [0.1, 0.15) is 29.5 Å². The smallest absolute Gasteiger partial charge is 0.313 e. The van der Waals surface area contributed by atoms with E-state index in [1.807, 2.05) is 30.3 Å². The van der Waals surface area contributed by atoms with E-state index in [0.29, 0.717) is 22.6 Å². The Morgan fingerprint density at radius 3 is 2.10 bits per heavy atom. The second-order valence-electron chi connectivity index (χ2n) is 9.50. The van der Waals surface area contributed by atoms with Gasteiger partial charge in [-0.2, -0.15) is 0 Å². The third-order valence-corrected chi connectivity index (χ3v) is 7.69. The van der Waals surface area contributed by atoms with Gasteiger partial charge in [0.1, 0.15) is 28.9 Å². The summed E-state index contributed by atoms with van der Waals surface area (Å²) in [5.74, 6) is -1.82. The molecule has 0 aromatic heterocycles. The number of fused-ring (bicyclic) bond motifs is 3. The minimum Gasteiger partial charge on any atom is -0.497 e. The van der Waals surface area contributed by atoms with Crippen molar-refractivity contribution in [2.24, 2.45) is 5.92 Å². The Morgan fingerprint density at radius 2 is 1.54 bits per heavy atom. The second kappa shape index (κ2) is 9.81. The molecule has 3 aromatic carbocycles. The second-order valence-corrected chi connectivity index (χ2v) is 9.50. The summed E-state index contributed by atoms with van der Waals surface area (Å²) in [6.45, 7) is 1.23. The lowest BCUT2D eigenvalue weighted by atomic mass is 9.70. The van der Waals surface area contributed by atoms with Crippen LogP contribution in [0.2, 0.25) is 0 Å². The van der Waals surface area contributed by atoms with Gasteiger partial charge in [0.15, 0.2) is 17.3 Å². The predicted octanol–water partition coefficient (Wildman–Crippen LogP) is 3.71. The number of rotatable bonds is 7. The molecule has 0 amide bonds. The predicted molar refractivity (Wildman–Crippen MR) is 139 cm³/mol. The SMILES string of the molecule is COC(=O)C1C(OC(C)=O)C2(O)c3c(OC)cc(OC)cc3OC2(c2ccc(OC)cc2)C1c1ccccc1.